The zero-order valence-electron chi connectivity index (χ0n) is 25.0. The molecule has 0 aromatic heterocycles. The van der Waals surface area contributed by atoms with E-state index in [0.717, 1.165) is 61.7 Å². The number of carbonyl (C=O) groups excluding carboxylic acids is 2. The Kier molecular flexibility index (Phi) is 8.15. The smallest absolute Gasteiger partial charge is 0.257 e. The third-order valence-electron chi connectivity index (χ3n) is 8.74. The van der Waals surface area contributed by atoms with Crippen LogP contribution in [0.5, 0.6) is 23.0 Å². The van der Waals surface area contributed by atoms with E-state index in [9.17, 15) is 9.59 Å². The van der Waals surface area contributed by atoms with E-state index in [1.165, 1.54) is 0 Å². The highest BCUT2D eigenvalue weighted by Crippen LogP contribution is 2.39. The number of rotatable bonds is 10. The highest BCUT2D eigenvalue weighted by atomic mass is 16.5. The second kappa shape index (κ2) is 12.1. The second-order valence-electron chi connectivity index (χ2n) is 11.8. The van der Waals surface area contributed by atoms with E-state index in [4.69, 9.17) is 18.9 Å². The Morgan fingerprint density at radius 1 is 0.791 bits per heavy atom. The summed E-state index contributed by atoms with van der Waals surface area (Å²) in [7, 11) is 3.18. The molecule has 2 amide bonds. The van der Waals surface area contributed by atoms with E-state index >= 15 is 0 Å². The summed E-state index contributed by atoms with van der Waals surface area (Å²) in [5, 5.41) is 0. The largest absolute Gasteiger partial charge is 0.493 e. The van der Waals surface area contributed by atoms with Crippen molar-refractivity contribution in [3.8, 4) is 23.0 Å². The lowest BCUT2D eigenvalue weighted by atomic mass is 10.00. The fourth-order valence-corrected chi connectivity index (χ4v) is 6.48. The number of ether oxygens (including phenoxy) is 4. The summed E-state index contributed by atoms with van der Waals surface area (Å²) in [6.07, 6.45) is 7.76. The zero-order chi connectivity index (χ0) is 30.1. The number of amides is 2. The molecule has 0 bridgehead atoms. The van der Waals surface area contributed by atoms with Crippen molar-refractivity contribution < 1.29 is 28.5 Å². The Labute approximate surface area is 252 Å². The summed E-state index contributed by atoms with van der Waals surface area (Å²) in [6.45, 7) is 10.3. The predicted octanol–water partition coefficient (Wildman–Crippen LogP) is 5.54. The summed E-state index contributed by atoms with van der Waals surface area (Å²) >= 11 is 0. The number of hydrogen-bond acceptors (Lipinski definition) is 7. The Morgan fingerprint density at radius 3 is 2.14 bits per heavy atom. The van der Waals surface area contributed by atoms with E-state index < -0.39 is 0 Å². The molecule has 0 N–H and O–H groups in total. The zero-order valence-corrected chi connectivity index (χ0v) is 25.0. The van der Waals surface area contributed by atoms with Crippen LogP contribution in [0.3, 0.4) is 0 Å². The van der Waals surface area contributed by atoms with Crippen molar-refractivity contribution >= 4 is 23.7 Å². The molecule has 4 heterocycles. The van der Waals surface area contributed by atoms with Crippen molar-refractivity contribution in [1.82, 2.24) is 9.80 Å². The summed E-state index contributed by atoms with van der Waals surface area (Å²) in [5.41, 5.74) is 4.98. The van der Waals surface area contributed by atoms with Gasteiger partial charge in [-0.1, -0.05) is 24.3 Å². The topological polar surface area (TPSA) is 89.9 Å². The van der Waals surface area contributed by atoms with Gasteiger partial charge in [0, 0.05) is 37.0 Å². The first kappa shape index (κ1) is 28.8. The number of hydrogen-bond donors (Lipinski definition) is 0. The fourth-order valence-electron chi connectivity index (χ4n) is 6.48. The van der Waals surface area contributed by atoms with E-state index in [-0.39, 0.29) is 23.9 Å². The highest BCUT2D eigenvalue weighted by molar-refractivity contribution is 6.04. The van der Waals surface area contributed by atoms with Crippen LogP contribution >= 0.6 is 0 Å². The average Bonchev–Trinajstić information content (AvgIpc) is 3.51. The molecule has 4 aliphatic heterocycles. The molecule has 2 aromatic rings. The lowest BCUT2D eigenvalue weighted by molar-refractivity contribution is 0.0740. The van der Waals surface area contributed by atoms with Crippen LogP contribution < -0.4 is 18.9 Å². The van der Waals surface area contributed by atoms with Crippen LogP contribution in [0.15, 0.2) is 53.6 Å². The number of aryl methyl sites for hydroxylation is 1. The van der Waals surface area contributed by atoms with Crippen molar-refractivity contribution in [1.29, 1.82) is 0 Å². The fraction of sp³-hybridized carbons (Fsp3) is 0.441. The van der Waals surface area contributed by atoms with Gasteiger partial charge in [0.1, 0.15) is 0 Å². The molecule has 0 radical (unpaired) electrons. The molecule has 2 saturated heterocycles. The first-order chi connectivity index (χ1) is 20.9. The molecule has 2 aromatic carbocycles. The van der Waals surface area contributed by atoms with E-state index in [1.54, 1.807) is 31.3 Å². The van der Waals surface area contributed by atoms with Gasteiger partial charge < -0.3 is 28.7 Å². The van der Waals surface area contributed by atoms with Gasteiger partial charge in [0.05, 0.1) is 44.7 Å². The Hall–Kier alpha value is -4.27. The summed E-state index contributed by atoms with van der Waals surface area (Å²) in [4.78, 5) is 34.8. The monoisotopic (exact) mass is 585 g/mol. The summed E-state index contributed by atoms with van der Waals surface area (Å²) < 4.78 is 23.3. The SMILES string of the molecule is C=C1C[C@H]2CCc3cc(OCCCCCOc4cc5c(cc4OC)C(=O)N4CC(=C)C[C@H]4C=N5)c(OC)cc3C(=O)N2C1. The third kappa shape index (κ3) is 5.72. The number of benzene rings is 2. The highest BCUT2D eigenvalue weighted by Gasteiger charge is 2.36. The molecule has 226 valence electrons. The maximum atomic E-state index is 13.2. The molecule has 0 spiro atoms. The average molecular weight is 586 g/mol. The van der Waals surface area contributed by atoms with E-state index in [2.05, 4.69) is 18.2 Å². The van der Waals surface area contributed by atoms with Gasteiger partial charge in [-0.15, -0.1) is 0 Å². The van der Waals surface area contributed by atoms with Crippen molar-refractivity contribution in [2.75, 3.05) is 40.5 Å². The van der Waals surface area contributed by atoms with Crippen molar-refractivity contribution in [3.63, 3.8) is 0 Å². The van der Waals surface area contributed by atoms with Crippen LogP contribution in [0.1, 0.15) is 64.8 Å². The van der Waals surface area contributed by atoms with Gasteiger partial charge in [-0.3, -0.25) is 14.6 Å². The van der Waals surface area contributed by atoms with Gasteiger partial charge in [-0.2, -0.15) is 0 Å². The quantitative estimate of drug-likeness (QED) is 0.269. The first-order valence-electron chi connectivity index (χ1n) is 15.0. The lowest BCUT2D eigenvalue weighted by Gasteiger charge is -2.21. The number of aliphatic imine (C=N–C) groups is 1. The molecule has 9 heteroatoms. The number of fused-ring (bicyclic) bond motifs is 4. The van der Waals surface area contributed by atoms with Crippen molar-refractivity contribution in [2.45, 2.75) is 57.0 Å². The minimum atomic E-state index is -0.0645. The molecule has 43 heavy (non-hydrogen) atoms. The Bertz CT molecular complexity index is 1500. The van der Waals surface area contributed by atoms with Gasteiger partial charge >= 0.3 is 0 Å². The van der Waals surface area contributed by atoms with Gasteiger partial charge in [0.15, 0.2) is 23.0 Å². The van der Waals surface area contributed by atoms with Gasteiger partial charge in [-0.25, -0.2) is 0 Å². The molecular weight excluding hydrogens is 546 g/mol. The molecule has 0 saturated carbocycles. The van der Waals surface area contributed by atoms with Crippen LogP contribution in [0, 0.1) is 0 Å². The van der Waals surface area contributed by atoms with Crippen molar-refractivity contribution in [2.24, 2.45) is 4.99 Å². The number of methoxy groups -OCH3 is 2. The van der Waals surface area contributed by atoms with E-state index in [1.807, 2.05) is 23.2 Å². The lowest BCUT2D eigenvalue weighted by Crippen LogP contribution is -2.35. The normalized spacial score (nSPS) is 20.7. The van der Waals surface area contributed by atoms with Crippen LogP contribution in [0.25, 0.3) is 0 Å². The standard InChI is InChI=1S/C34H39N3O6/c1-21-12-24-9-8-23-14-31(29(40-3)15-26(23)33(38)36(24)19-21)42-10-6-5-7-11-43-32-17-28-27(16-30(32)41-4)34(39)37-20-22(2)13-25(37)18-35-28/h14-18,24-25H,1-2,5-13,19-20H2,3-4H3/t24-,25+/m1/s1. The molecule has 2 atom stereocenters. The molecule has 6 rings (SSSR count). The first-order valence-corrected chi connectivity index (χ1v) is 15.0. The van der Waals surface area contributed by atoms with Crippen LogP contribution in [0.2, 0.25) is 0 Å². The number of carbonyl (C=O) groups is 2. The van der Waals surface area contributed by atoms with Crippen LogP contribution in [-0.4, -0.2) is 80.4 Å². The van der Waals surface area contributed by atoms with Crippen LogP contribution in [0.4, 0.5) is 5.69 Å². The summed E-state index contributed by atoms with van der Waals surface area (Å²) in [6, 6.07) is 7.49. The van der Waals surface area contributed by atoms with Crippen LogP contribution in [-0.2, 0) is 6.42 Å². The minimum absolute atomic E-state index is 0.0529. The second-order valence-corrected chi connectivity index (χ2v) is 11.8. The third-order valence-corrected chi connectivity index (χ3v) is 8.74. The predicted molar refractivity (Wildman–Crippen MR) is 164 cm³/mol. The molecule has 4 aliphatic rings. The maximum absolute atomic E-state index is 13.2. The van der Waals surface area contributed by atoms with Gasteiger partial charge in [0.2, 0.25) is 0 Å². The molecule has 0 unspecified atom stereocenters. The van der Waals surface area contributed by atoms with Crippen molar-refractivity contribution in [3.05, 3.63) is 65.3 Å². The minimum Gasteiger partial charge on any atom is -0.493 e. The number of unbranched alkanes of at least 4 members (excludes halogenated alkanes) is 2. The molecule has 0 aliphatic carbocycles. The number of nitrogens with zero attached hydrogens (tertiary/aromatic N) is 3. The maximum Gasteiger partial charge on any atom is 0.257 e. The molecule has 2 fully saturated rings. The van der Waals surface area contributed by atoms with Gasteiger partial charge in [0.25, 0.3) is 11.8 Å². The summed E-state index contributed by atoms with van der Waals surface area (Å²) in [5.74, 6) is 2.33. The Balaban J connectivity index is 1.01. The van der Waals surface area contributed by atoms with Gasteiger partial charge in [-0.05, 0) is 68.7 Å². The molecular formula is C34H39N3O6. The Morgan fingerprint density at radius 2 is 1.42 bits per heavy atom. The molecule has 9 nitrogen and oxygen atoms in total. The van der Waals surface area contributed by atoms with E-state index in [0.29, 0.717) is 66.1 Å².